The number of amides is 1. The molecule has 0 bridgehead atoms. The van der Waals surface area contributed by atoms with Crippen molar-refractivity contribution in [3.8, 4) is 0 Å². The van der Waals surface area contributed by atoms with Crippen molar-refractivity contribution in [3.63, 3.8) is 0 Å². The number of aliphatic hydroxyl groups is 2. The first-order valence-corrected chi connectivity index (χ1v) is 5.80. The molecule has 1 unspecified atom stereocenters. The largest absolute Gasteiger partial charge is 0.394 e. The maximum Gasteiger partial charge on any atom is 0.220 e. The number of hydrogen-bond acceptors (Lipinski definition) is 4. The maximum absolute atomic E-state index is 11.7. The van der Waals surface area contributed by atoms with Crippen molar-refractivity contribution in [1.29, 1.82) is 0 Å². The zero-order valence-electron chi connectivity index (χ0n) is 10.2. The first kappa shape index (κ1) is 15.3. The van der Waals surface area contributed by atoms with Gasteiger partial charge in [0.1, 0.15) is 0 Å². The summed E-state index contributed by atoms with van der Waals surface area (Å²) in [5, 5.41) is 21.0. The Morgan fingerprint density at radius 3 is 2.25 bits per heavy atom. The van der Waals surface area contributed by atoms with Crippen molar-refractivity contribution in [2.24, 2.45) is 11.7 Å². The second kappa shape index (κ2) is 7.60. The van der Waals surface area contributed by atoms with Gasteiger partial charge in [0.2, 0.25) is 5.91 Å². The van der Waals surface area contributed by atoms with Crippen LogP contribution in [-0.2, 0) is 4.79 Å². The highest BCUT2D eigenvalue weighted by atomic mass is 16.3. The molecule has 5 heteroatoms. The van der Waals surface area contributed by atoms with E-state index in [1.54, 1.807) is 0 Å². The highest BCUT2D eigenvalue weighted by Crippen LogP contribution is 2.11. The molecule has 0 radical (unpaired) electrons. The third kappa shape index (κ3) is 4.47. The van der Waals surface area contributed by atoms with E-state index in [0.717, 1.165) is 6.42 Å². The molecular formula is C11H24N2O3. The molecule has 1 atom stereocenters. The fraction of sp³-hybridized carbons (Fsp3) is 0.909. The Bertz CT molecular complexity index is 193. The highest BCUT2D eigenvalue weighted by molar-refractivity contribution is 5.77. The minimum Gasteiger partial charge on any atom is -0.394 e. The average molecular weight is 232 g/mol. The molecule has 5 nitrogen and oxygen atoms in total. The summed E-state index contributed by atoms with van der Waals surface area (Å²) in [4.78, 5) is 11.7. The topological polar surface area (TPSA) is 95.6 Å². The fourth-order valence-electron chi connectivity index (χ4n) is 1.44. The van der Waals surface area contributed by atoms with Crippen molar-refractivity contribution in [3.05, 3.63) is 0 Å². The van der Waals surface area contributed by atoms with E-state index in [1.807, 2.05) is 13.8 Å². The first-order chi connectivity index (χ1) is 7.57. The molecule has 0 aromatic rings. The fourth-order valence-corrected chi connectivity index (χ4v) is 1.44. The van der Waals surface area contributed by atoms with Crippen LogP contribution in [0.4, 0.5) is 0 Å². The molecule has 0 aromatic carbocycles. The number of nitrogens with two attached hydrogens (primary N) is 1. The molecule has 0 saturated heterocycles. The van der Waals surface area contributed by atoms with E-state index in [2.05, 4.69) is 5.32 Å². The van der Waals surface area contributed by atoms with Crippen LogP contribution in [0, 0.1) is 5.92 Å². The van der Waals surface area contributed by atoms with Gasteiger partial charge < -0.3 is 21.3 Å². The molecule has 0 heterocycles. The number of aliphatic hydroxyl groups excluding tert-OH is 2. The monoisotopic (exact) mass is 232 g/mol. The predicted octanol–water partition coefficient (Wildman–Crippen LogP) is -0.389. The van der Waals surface area contributed by atoms with Gasteiger partial charge in [0.05, 0.1) is 18.8 Å². The van der Waals surface area contributed by atoms with Gasteiger partial charge >= 0.3 is 0 Å². The molecule has 0 aromatic heterocycles. The second-order valence-corrected chi connectivity index (χ2v) is 4.21. The van der Waals surface area contributed by atoms with E-state index in [1.165, 1.54) is 0 Å². The van der Waals surface area contributed by atoms with Crippen molar-refractivity contribution < 1.29 is 15.0 Å². The summed E-state index contributed by atoms with van der Waals surface area (Å²) in [5.74, 6) is -0.00538. The SMILES string of the molecule is CCC(CN)CC(=O)NC(CC)(CO)CO. The Kier molecular flexibility index (Phi) is 7.29. The lowest BCUT2D eigenvalue weighted by Gasteiger charge is -2.30. The van der Waals surface area contributed by atoms with Crippen LogP contribution in [-0.4, -0.2) is 41.4 Å². The maximum atomic E-state index is 11.7. The highest BCUT2D eigenvalue weighted by Gasteiger charge is 2.28. The Balaban J connectivity index is 4.30. The molecule has 16 heavy (non-hydrogen) atoms. The number of carbonyl (C=O) groups is 1. The molecule has 0 saturated carbocycles. The van der Waals surface area contributed by atoms with Gasteiger partial charge in [0, 0.05) is 6.42 Å². The van der Waals surface area contributed by atoms with E-state index < -0.39 is 5.54 Å². The van der Waals surface area contributed by atoms with E-state index in [9.17, 15) is 15.0 Å². The van der Waals surface area contributed by atoms with Crippen molar-refractivity contribution in [1.82, 2.24) is 5.32 Å². The van der Waals surface area contributed by atoms with Crippen molar-refractivity contribution >= 4 is 5.91 Å². The third-order valence-electron chi connectivity index (χ3n) is 3.07. The zero-order chi connectivity index (χ0) is 12.6. The molecule has 0 rings (SSSR count). The Labute approximate surface area is 97.0 Å². The molecular weight excluding hydrogens is 208 g/mol. The lowest BCUT2D eigenvalue weighted by molar-refractivity contribution is -0.125. The van der Waals surface area contributed by atoms with Gasteiger partial charge in [-0.25, -0.2) is 0 Å². The average Bonchev–Trinajstić information content (AvgIpc) is 2.33. The molecule has 5 N–H and O–H groups in total. The third-order valence-corrected chi connectivity index (χ3v) is 3.07. The van der Waals surface area contributed by atoms with Gasteiger partial charge in [-0.3, -0.25) is 4.79 Å². The van der Waals surface area contributed by atoms with E-state index in [0.29, 0.717) is 19.4 Å². The minimum absolute atomic E-state index is 0.159. The molecule has 0 fully saturated rings. The van der Waals surface area contributed by atoms with E-state index in [4.69, 9.17) is 5.73 Å². The predicted molar refractivity (Wildman–Crippen MR) is 62.8 cm³/mol. The Morgan fingerprint density at radius 1 is 1.38 bits per heavy atom. The number of nitrogens with one attached hydrogen (secondary N) is 1. The summed E-state index contributed by atoms with van der Waals surface area (Å²) in [6.07, 6.45) is 1.68. The first-order valence-electron chi connectivity index (χ1n) is 5.80. The molecule has 0 aliphatic carbocycles. The van der Waals surface area contributed by atoms with Crippen molar-refractivity contribution in [2.75, 3.05) is 19.8 Å². The van der Waals surface area contributed by atoms with Crippen LogP contribution in [0.5, 0.6) is 0 Å². The molecule has 0 spiro atoms. The van der Waals surface area contributed by atoms with Crippen LogP contribution in [0.15, 0.2) is 0 Å². The number of rotatable bonds is 8. The van der Waals surface area contributed by atoms with Crippen LogP contribution >= 0.6 is 0 Å². The number of carbonyl (C=O) groups excluding carboxylic acids is 1. The summed E-state index contributed by atoms with van der Waals surface area (Å²) in [6, 6.07) is 0. The van der Waals surface area contributed by atoms with Gasteiger partial charge in [-0.15, -0.1) is 0 Å². The summed E-state index contributed by atoms with van der Waals surface area (Å²) >= 11 is 0. The summed E-state index contributed by atoms with van der Waals surface area (Å²) in [7, 11) is 0. The van der Waals surface area contributed by atoms with Gasteiger partial charge in [-0.05, 0) is 18.9 Å². The molecule has 0 aliphatic rings. The minimum atomic E-state index is -0.899. The Hall–Kier alpha value is -0.650. The molecule has 1 amide bonds. The van der Waals surface area contributed by atoms with Crippen LogP contribution in [0.2, 0.25) is 0 Å². The van der Waals surface area contributed by atoms with Crippen LogP contribution in [0.1, 0.15) is 33.1 Å². The summed E-state index contributed by atoms with van der Waals surface area (Å²) in [5.41, 5.74) is 4.62. The van der Waals surface area contributed by atoms with Gasteiger partial charge in [0.15, 0.2) is 0 Å². The van der Waals surface area contributed by atoms with Crippen LogP contribution in [0.3, 0.4) is 0 Å². The van der Waals surface area contributed by atoms with Gasteiger partial charge in [0.25, 0.3) is 0 Å². The standard InChI is InChI=1S/C11H24N2O3/c1-3-9(6-12)5-10(16)13-11(4-2,7-14)8-15/h9,14-15H,3-8,12H2,1-2H3,(H,13,16). The Morgan fingerprint density at radius 2 is 1.94 bits per heavy atom. The number of hydrogen-bond donors (Lipinski definition) is 4. The van der Waals surface area contributed by atoms with E-state index in [-0.39, 0.29) is 25.0 Å². The summed E-state index contributed by atoms with van der Waals surface area (Å²) in [6.45, 7) is 3.75. The van der Waals surface area contributed by atoms with E-state index >= 15 is 0 Å². The summed E-state index contributed by atoms with van der Waals surface area (Å²) < 4.78 is 0. The second-order valence-electron chi connectivity index (χ2n) is 4.21. The van der Waals surface area contributed by atoms with Crippen molar-refractivity contribution in [2.45, 2.75) is 38.6 Å². The molecule has 96 valence electrons. The van der Waals surface area contributed by atoms with Gasteiger partial charge in [-0.2, -0.15) is 0 Å². The molecule has 0 aliphatic heterocycles. The van der Waals surface area contributed by atoms with Gasteiger partial charge in [-0.1, -0.05) is 20.3 Å². The quantitative estimate of drug-likeness (QED) is 0.458. The smallest absolute Gasteiger partial charge is 0.220 e. The zero-order valence-corrected chi connectivity index (χ0v) is 10.2. The van der Waals surface area contributed by atoms with Crippen LogP contribution < -0.4 is 11.1 Å². The lowest BCUT2D eigenvalue weighted by atomic mass is 9.96. The lowest BCUT2D eigenvalue weighted by Crippen LogP contribution is -2.54. The van der Waals surface area contributed by atoms with Crippen LogP contribution in [0.25, 0.3) is 0 Å². The normalized spacial score (nSPS) is 13.6.